The SMILES string of the molecule is Cc1cccc(-c2nc(CC(=O)Nc3nc4c(s3)CC(C)CC4)cs2)c1. The smallest absolute Gasteiger partial charge is 0.232 e. The Kier molecular flexibility index (Phi) is 4.87. The Labute approximate surface area is 161 Å². The largest absolute Gasteiger partial charge is 0.302 e. The number of nitrogens with one attached hydrogen (secondary N) is 1. The number of aromatic nitrogens is 2. The van der Waals surface area contributed by atoms with E-state index in [1.165, 1.54) is 22.6 Å². The third-order valence-corrected chi connectivity index (χ3v) is 6.57. The summed E-state index contributed by atoms with van der Waals surface area (Å²) in [4.78, 5) is 22.9. The number of amides is 1. The van der Waals surface area contributed by atoms with Crippen LogP contribution >= 0.6 is 22.7 Å². The first-order valence-corrected chi connectivity index (χ1v) is 10.6. The average Bonchev–Trinajstić information content (AvgIpc) is 3.20. The van der Waals surface area contributed by atoms with Crippen molar-refractivity contribution in [3.63, 3.8) is 0 Å². The molecule has 0 bridgehead atoms. The van der Waals surface area contributed by atoms with E-state index in [9.17, 15) is 4.79 Å². The summed E-state index contributed by atoms with van der Waals surface area (Å²) in [6, 6.07) is 8.27. The molecule has 1 aliphatic rings. The normalized spacial score (nSPS) is 16.3. The van der Waals surface area contributed by atoms with Gasteiger partial charge in [-0.2, -0.15) is 0 Å². The van der Waals surface area contributed by atoms with Gasteiger partial charge in [-0.1, -0.05) is 30.7 Å². The lowest BCUT2D eigenvalue weighted by atomic mass is 9.93. The predicted molar refractivity (Wildman–Crippen MR) is 108 cm³/mol. The highest BCUT2D eigenvalue weighted by atomic mass is 32.1. The van der Waals surface area contributed by atoms with E-state index in [-0.39, 0.29) is 12.3 Å². The van der Waals surface area contributed by atoms with E-state index < -0.39 is 0 Å². The highest BCUT2D eigenvalue weighted by Crippen LogP contribution is 2.32. The molecule has 4 nitrogen and oxygen atoms in total. The Balaban J connectivity index is 1.41. The van der Waals surface area contributed by atoms with Gasteiger partial charge in [0, 0.05) is 15.8 Å². The highest BCUT2D eigenvalue weighted by Gasteiger charge is 2.20. The number of fused-ring (bicyclic) bond motifs is 1. The molecular formula is C20H21N3OS2. The first-order valence-electron chi connectivity index (χ1n) is 8.86. The molecule has 1 unspecified atom stereocenters. The van der Waals surface area contributed by atoms with Crippen LogP contribution in [0, 0.1) is 12.8 Å². The molecule has 0 saturated heterocycles. The van der Waals surface area contributed by atoms with E-state index >= 15 is 0 Å². The van der Waals surface area contributed by atoms with Gasteiger partial charge >= 0.3 is 0 Å². The van der Waals surface area contributed by atoms with Crippen molar-refractivity contribution >= 4 is 33.7 Å². The molecule has 0 spiro atoms. The van der Waals surface area contributed by atoms with Gasteiger partial charge in [0.1, 0.15) is 5.01 Å². The number of nitrogens with zero attached hydrogens (tertiary/aromatic N) is 2. The zero-order valence-electron chi connectivity index (χ0n) is 14.9. The van der Waals surface area contributed by atoms with Gasteiger partial charge in [0.05, 0.1) is 17.8 Å². The molecule has 26 heavy (non-hydrogen) atoms. The predicted octanol–water partition coefficient (Wildman–Crippen LogP) is 4.88. The molecule has 1 N–H and O–H groups in total. The van der Waals surface area contributed by atoms with E-state index in [1.807, 2.05) is 11.4 Å². The van der Waals surface area contributed by atoms with Crippen molar-refractivity contribution in [3.05, 3.63) is 51.5 Å². The van der Waals surface area contributed by atoms with E-state index in [0.29, 0.717) is 5.92 Å². The summed E-state index contributed by atoms with van der Waals surface area (Å²) >= 11 is 3.20. The van der Waals surface area contributed by atoms with Crippen molar-refractivity contribution in [1.82, 2.24) is 9.97 Å². The number of benzene rings is 1. The fraction of sp³-hybridized carbons (Fsp3) is 0.350. The molecule has 2 aromatic heterocycles. The van der Waals surface area contributed by atoms with Crippen LogP contribution in [0.2, 0.25) is 0 Å². The summed E-state index contributed by atoms with van der Waals surface area (Å²) in [7, 11) is 0. The third-order valence-electron chi connectivity index (χ3n) is 4.59. The fourth-order valence-electron chi connectivity index (χ4n) is 3.22. The Morgan fingerprint density at radius 3 is 3.08 bits per heavy atom. The number of carbonyl (C=O) groups is 1. The lowest BCUT2D eigenvalue weighted by Gasteiger charge is -2.15. The molecule has 1 amide bonds. The van der Waals surface area contributed by atoms with Gasteiger partial charge in [-0.25, -0.2) is 9.97 Å². The molecular weight excluding hydrogens is 362 g/mol. The molecule has 0 aliphatic heterocycles. The van der Waals surface area contributed by atoms with E-state index in [1.54, 1.807) is 22.7 Å². The quantitative estimate of drug-likeness (QED) is 0.698. The van der Waals surface area contributed by atoms with Gasteiger partial charge in [-0.3, -0.25) is 4.79 Å². The van der Waals surface area contributed by atoms with Gasteiger partial charge < -0.3 is 5.32 Å². The number of hydrogen-bond donors (Lipinski definition) is 1. The van der Waals surface area contributed by atoms with E-state index in [0.717, 1.165) is 34.2 Å². The summed E-state index contributed by atoms with van der Waals surface area (Å²) in [6.45, 7) is 4.34. The van der Waals surface area contributed by atoms with Crippen LogP contribution in [0.15, 0.2) is 29.6 Å². The molecule has 2 heterocycles. The number of aryl methyl sites for hydroxylation is 2. The van der Waals surface area contributed by atoms with Gasteiger partial charge in [0.25, 0.3) is 0 Å². The maximum Gasteiger partial charge on any atom is 0.232 e. The Morgan fingerprint density at radius 2 is 2.23 bits per heavy atom. The summed E-state index contributed by atoms with van der Waals surface area (Å²) in [5.41, 5.74) is 4.28. The zero-order chi connectivity index (χ0) is 18.1. The molecule has 0 radical (unpaired) electrons. The Hall–Kier alpha value is -2.05. The van der Waals surface area contributed by atoms with Crippen LogP contribution in [0.4, 0.5) is 5.13 Å². The second-order valence-electron chi connectivity index (χ2n) is 6.98. The van der Waals surface area contributed by atoms with Crippen LogP contribution in [0.3, 0.4) is 0 Å². The number of anilines is 1. The molecule has 4 rings (SSSR count). The Bertz CT molecular complexity index is 944. The third kappa shape index (κ3) is 3.86. The van der Waals surface area contributed by atoms with Gasteiger partial charge in [0.15, 0.2) is 5.13 Å². The molecule has 0 saturated carbocycles. The van der Waals surface area contributed by atoms with Gasteiger partial charge in [0.2, 0.25) is 5.91 Å². The van der Waals surface area contributed by atoms with Crippen LogP contribution in [-0.2, 0) is 24.1 Å². The molecule has 0 fully saturated rings. The first-order chi connectivity index (χ1) is 12.6. The lowest BCUT2D eigenvalue weighted by molar-refractivity contribution is -0.115. The van der Waals surface area contributed by atoms with Crippen molar-refractivity contribution in [1.29, 1.82) is 0 Å². The molecule has 1 aliphatic carbocycles. The summed E-state index contributed by atoms with van der Waals surface area (Å²) in [5, 5.41) is 6.60. The van der Waals surface area contributed by atoms with Crippen molar-refractivity contribution in [3.8, 4) is 10.6 Å². The van der Waals surface area contributed by atoms with Crippen LogP contribution in [-0.4, -0.2) is 15.9 Å². The topological polar surface area (TPSA) is 54.9 Å². The first kappa shape index (κ1) is 17.4. The van der Waals surface area contributed by atoms with E-state index in [4.69, 9.17) is 0 Å². The zero-order valence-corrected chi connectivity index (χ0v) is 16.5. The minimum absolute atomic E-state index is 0.0507. The molecule has 1 atom stereocenters. The van der Waals surface area contributed by atoms with Gasteiger partial charge in [-0.05, 0) is 38.2 Å². The van der Waals surface area contributed by atoms with Gasteiger partial charge in [-0.15, -0.1) is 22.7 Å². The fourth-order valence-corrected chi connectivity index (χ4v) is 5.22. The number of thiazole rings is 2. The molecule has 1 aromatic carbocycles. The lowest BCUT2D eigenvalue weighted by Crippen LogP contribution is -2.14. The average molecular weight is 384 g/mol. The standard InChI is InChI=1S/C20H21N3OS2/c1-12-4-3-5-14(8-12)19-21-15(11-25-19)10-18(24)23-20-22-16-7-6-13(2)9-17(16)26-20/h3-5,8,11,13H,6-7,9-10H2,1-2H3,(H,22,23,24). The number of carbonyl (C=O) groups excluding carboxylic acids is 1. The van der Waals surface area contributed by atoms with Crippen molar-refractivity contribution in [2.24, 2.45) is 5.92 Å². The van der Waals surface area contributed by atoms with Crippen molar-refractivity contribution in [2.75, 3.05) is 5.32 Å². The minimum Gasteiger partial charge on any atom is -0.302 e. The summed E-state index contributed by atoms with van der Waals surface area (Å²) in [6.07, 6.45) is 3.57. The minimum atomic E-state index is -0.0507. The van der Waals surface area contributed by atoms with Crippen LogP contribution < -0.4 is 5.32 Å². The maximum absolute atomic E-state index is 12.4. The van der Waals surface area contributed by atoms with E-state index in [2.05, 4.69) is 47.3 Å². The van der Waals surface area contributed by atoms with Crippen LogP contribution in [0.1, 0.15) is 35.2 Å². The highest BCUT2D eigenvalue weighted by molar-refractivity contribution is 7.16. The van der Waals surface area contributed by atoms with Crippen molar-refractivity contribution in [2.45, 2.75) is 39.5 Å². The van der Waals surface area contributed by atoms with Crippen LogP contribution in [0.25, 0.3) is 10.6 Å². The number of hydrogen-bond acceptors (Lipinski definition) is 5. The van der Waals surface area contributed by atoms with Crippen LogP contribution in [0.5, 0.6) is 0 Å². The molecule has 3 aromatic rings. The Morgan fingerprint density at radius 1 is 1.35 bits per heavy atom. The second-order valence-corrected chi connectivity index (χ2v) is 8.92. The van der Waals surface area contributed by atoms with Crippen molar-refractivity contribution < 1.29 is 4.79 Å². The monoisotopic (exact) mass is 383 g/mol. The maximum atomic E-state index is 12.4. The molecule has 6 heteroatoms. The number of rotatable bonds is 4. The summed E-state index contributed by atoms with van der Waals surface area (Å²) < 4.78 is 0. The summed E-state index contributed by atoms with van der Waals surface area (Å²) in [5.74, 6) is 0.659. The second kappa shape index (κ2) is 7.29. The molecule has 134 valence electrons.